The Labute approximate surface area is 225 Å². The summed E-state index contributed by atoms with van der Waals surface area (Å²) in [5.74, 6) is -1.58. The summed E-state index contributed by atoms with van der Waals surface area (Å²) in [5, 5.41) is 77.8. The summed E-state index contributed by atoms with van der Waals surface area (Å²) < 4.78 is 10.3. The van der Waals surface area contributed by atoms with Gasteiger partial charge in [-0.3, -0.25) is 9.59 Å². The number of rotatable bonds is 23. The van der Waals surface area contributed by atoms with Gasteiger partial charge in [0, 0.05) is 6.42 Å². The van der Waals surface area contributed by atoms with Crippen LogP contribution in [-0.2, 0) is 19.1 Å². The van der Waals surface area contributed by atoms with Gasteiger partial charge in [-0.05, 0) is 25.7 Å². The Kier molecular flexibility index (Phi) is 20.7. The normalized spacial score (nSPS) is 18.1. The third-order valence-corrected chi connectivity index (χ3v) is 6.19. The van der Waals surface area contributed by atoms with E-state index in [-0.39, 0.29) is 19.3 Å². The molecule has 0 saturated heterocycles. The summed E-state index contributed by atoms with van der Waals surface area (Å²) in [7, 11) is 0. The minimum absolute atomic E-state index is 0.0598. The maximum absolute atomic E-state index is 12.4. The van der Waals surface area contributed by atoms with E-state index in [2.05, 4.69) is 0 Å². The molecule has 0 aromatic heterocycles. The first-order valence-electron chi connectivity index (χ1n) is 13.7. The molecule has 0 spiro atoms. The van der Waals surface area contributed by atoms with Gasteiger partial charge in [0.25, 0.3) is 0 Å². The topological polar surface area (TPSA) is 214 Å². The van der Waals surface area contributed by atoms with Crippen molar-refractivity contribution < 1.29 is 59.9 Å². The molecule has 0 aromatic rings. The molecule has 38 heavy (non-hydrogen) atoms. The van der Waals surface area contributed by atoms with Crippen molar-refractivity contribution >= 4 is 11.9 Å². The third-order valence-electron chi connectivity index (χ3n) is 6.19. The zero-order chi connectivity index (χ0) is 29.1. The van der Waals surface area contributed by atoms with Gasteiger partial charge in [-0.2, -0.15) is 0 Å². The molecule has 0 aliphatic carbocycles. The first-order chi connectivity index (χ1) is 17.9. The van der Waals surface area contributed by atoms with Gasteiger partial charge in [0.2, 0.25) is 0 Å². The lowest BCUT2D eigenvalue weighted by Gasteiger charge is -2.25. The van der Waals surface area contributed by atoms with Gasteiger partial charge in [0.1, 0.15) is 37.1 Å². The van der Waals surface area contributed by atoms with Gasteiger partial charge in [-0.15, -0.1) is 0 Å². The highest BCUT2D eigenvalue weighted by atomic mass is 16.6. The molecule has 8 N–H and O–H groups in total. The lowest BCUT2D eigenvalue weighted by molar-refractivity contribution is -0.159. The molecule has 0 amide bonds. The fourth-order valence-corrected chi connectivity index (χ4v) is 3.90. The van der Waals surface area contributed by atoms with E-state index in [4.69, 9.17) is 14.6 Å². The van der Waals surface area contributed by atoms with Gasteiger partial charge >= 0.3 is 11.9 Å². The lowest BCUT2D eigenvalue weighted by Crippen LogP contribution is -2.47. The highest BCUT2D eigenvalue weighted by molar-refractivity contribution is 5.70. The van der Waals surface area contributed by atoms with E-state index in [1.807, 2.05) is 13.8 Å². The van der Waals surface area contributed by atoms with E-state index in [9.17, 15) is 45.3 Å². The minimum Gasteiger partial charge on any atom is -0.463 e. The van der Waals surface area contributed by atoms with E-state index >= 15 is 0 Å². The van der Waals surface area contributed by atoms with E-state index in [0.29, 0.717) is 12.8 Å². The summed E-state index contributed by atoms with van der Waals surface area (Å²) in [6, 6.07) is 0. The molecule has 0 radical (unpaired) electrons. The molecule has 0 aliphatic rings. The van der Waals surface area contributed by atoms with Crippen molar-refractivity contribution in [2.24, 2.45) is 0 Å². The molecule has 0 unspecified atom stereocenters. The van der Waals surface area contributed by atoms with E-state index in [1.54, 1.807) is 0 Å². The number of ether oxygens (including phenoxy) is 2. The highest BCUT2D eigenvalue weighted by Crippen LogP contribution is 2.17. The number of hydrogen-bond donors (Lipinski definition) is 8. The van der Waals surface area contributed by atoms with Crippen LogP contribution in [0.1, 0.15) is 90.9 Å². The molecule has 0 aliphatic heterocycles. The summed E-state index contributed by atoms with van der Waals surface area (Å²) in [6.45, 7) is 2.48. The lowest BCUT2D eigenvalue weighted by atomic mass is 10.0. The van der Waals surface area contributed by atoms with Gasteiger partial charge in [-0.25, -0.2) is 0 Å². The van der Waals surface area contributed by atoms with Crippen LogP contribution in [-0.4, -0.2) is 115 Å². The molecule has 0 fully saturated rings. The average molecular weight is 555 g/mol. The Bertz CT molecular complexity index is 619. The average Bonchev–Trinajstić information content (AvgIpc) is 2.85. The zero-order valence-corrected chi connectivity index (χ0v) is 22.7. The maximum atomic E-state index is 12.4. The van der Waals surface area contributed by atoms with Crippen LogP contribution < -0.4 is 0 Å². The number of esters is 2. The number of carbonyl (C=O) groups is 2. The Morgan fingerprint density at radius 2 is 1.18 bits per heavy atom. The first-order valence-corrected chi connectivity index (χ1v) is 13.7. The smallest absolute Gasteiger partial charge is 0.308 e. The largest absolute Gasteiger partial charge is 0.463 e. The molecular weight excluding hydrogens is 504 g/mol. The zero-order valence-electron chi connectivity index (χ0n) is 22.7. The monoisotopic (exact) mass is 554 g/mol. The van der Waals surface area contributed by atoms with E-state index < -0.39 is 80.4 Å². The fraction of sp³-hybridized carbons (Fsp3) is 0.923. The molecule has 8 atom stereocenters. The first kappa shape index (κ1) is 36.6. The van der Waals surface area contributed by atoms with Crippen LogP contribution in [0.3, 0.4) is 0 Å². The summed E-state index contributed by atoms with van der Waals surface area (Å²) in [5.41, 5.74) is 0. The minimum atomic E-state index is -1.88. The Morgan fingerprint density at radius 1 is 0.658 bits per heavy atom. The second-order valence-electron chi connectivity index (χ2n) is 9.93. The quantitative estimate of drug-likeness (QED) is 0.0603. The van der Waals surface area contributed by atoms with E-state index in [1.165, 1.54) is 0 Å². The predicted molar refractivity (Wildman–Crippen MR) is 137 cm³/mol. The molecule has 0 saturated carbocycles. The van der Waals surface area contributed by atoms with Crippen LogP contribution in [0.2, 0.25) is 0 Å². The molecule has 0 heterocycles. The van der Waals surface area contributed by atoms with Crippen LogP contribution in [0.15, 0.2) is 0 Å². The number of hydrogen-bond acceptors (Lipinski definition) is 12. The Balaban J connectivity index is 4.69. The van der Waals surface area contributed by atoms with Gasteiger partial charge in [0.15, 0.2) is 0 Å². The summed E-state index contributed by atoms with van der Waals surface area (Å²) >= 11 is 0. The van der Waals surface area contributed by atoms with Crippen LogP contribution in [0.4, 0.5) is 0 Å². The number of unbranched alkanes of at least 4 members (excludes halogenated alkanes) is 4. The third kappa shape index (κ3) is 17.3. The molecule has 0 rings (SSSR count). The standard InChI is InChI=1S/C26H50O12/c1-3-5-7-9-17(28)11-18(29)14-24(34)38-20(10-8-6-4-2)12-19(30)13-23(33)37-16-22(32)26(36)25(35)21(31)15-27/h17-22,25-32,35-36H,3-16H2,1-2H3/t17-,18+,19-,20-,21+,22-,25+,26-/m0/s1. The number of aliphatic hydroxyl groups is 8. The fourth-order valence-electron chi connectivity index (χ4n) is 3.90. The van der Waals surface area contributed by atoms with Gasteiger partial charge in [-0.1, -0.05) is 46.0 Å². The molecule has 12 nitrogen and oxygen atoms in total. The van der Waals surface area contributed by atoms with Crippen molar-refractivity contribution in [3.63, 3.8) is 0 Å². The van der Waals surface area contributed by atoms with Crippen molar-refractivity contribution in [3.8, 4) is 0 Å². The molecule has 12 heteroatoms. The Hall–Kier alpha value is -1.38. The molecular formula is C26H50O12. The summed E-state index contributed by atoms with van der Waals surface area (Å²) in [4.78, 5) is 24.4. The molecule has 0 bridgehead atoms. The number of carbonyl (C=O) groups excluding carboxylic acids is 2. The van der Waals surface area contributed by atoms with Crippen LogP contribution in [0.25, 0.3) is 0 Å². The van der Waals surface area contributed by atoms with Crippen LogP contribution in [0.5, 0.6) is 0 Å². The second kappa shape index (κ2) is 21.4. The summed E-state index contributed by atoms with van der Waals surface area (Å²) in [6.07, 6.45) is -5.37. The SMILES string of the molecule is CCCCC[C@H](O)C[C@@H](O)CC(=O)O[C@@H](CCCCC)C[C@H](O)CC(=O)OC[C@H](O)[C@H](O)[C@H](O)[C@H](O)CO. The van der Waals surface area contributed by atoms with Crippen molar-refractivity contribution in [3.05, 3.63) is 0 Å². The van der Waals surface area contributed by atoms with Crippen molar-refractivity contribution in [1.82, 2.24) is 0 Å². The number of aliphatic hydroxyl groups excluding tert-OH is 8. The van der Waals surface area contributed by atoms with Crippen LogP contribution >= 0.6 is 0 Å². The van der Waals surface area contributed by atoms with E-state index in [0.717, 1.165) is 38.5 Å². The van der Waals surface area contributed by atoms with Gasteiger partial charge in [0.05, 0.1) is 37.8 Å². The van der Waals surface area contributed by atoms with Crippen molar-refractivity contribution in [2.45, 2.75) is 140 Å². The van der Waals surface area contributed by atoms with Crippen molar-refractivity contribution in [2.75, 3.05) is 13.2 Å². The Morgan fingerprint density at radius 3 is 1.76 bits per heavy atom. The molecule has 226 valence electrons. The van der Waals surface area contributed by atoms with Crippen LogP contribution in [0, 0.1) is 0 Å². The highest BCUT2D eigenvalue weighted by Gasteiger charge is 2.31. The predicted octanol–water partition coefficient (Wildman–Crippen LogP) is -0.319. The second-order valence-corrected chi connectivity index (χ2v) is 9.93. The van der Waals surface area contributed by atoms with Gasteiger partial charge < -0.3 is 50.3 Å². The molecule has 0 aromatic carbocycles. The maximum Gasteiger partial charge on any atom is 0.308 e. The van der Waals surface area contributed by atoms with Crippen molar-refractivity contribution in [1.29, 1.82) is 0 Å².